The van der Waals surface area contributed by atoms with Crippen molar-refractivity contribution < 1.29 is 0 Å². The number of nitrogens with one attached hydrogen (secondary N) is 1. The number of rotatable bonds is 5. The van der Waals surface area contributed by atoms with Crippen LogP contribution in [0.15, 0.2) is 6.20 Å². The van der Waals surface area contributed by atoms with Gasteiger partial charge in [0.2, 0.25) is 0 Å². The minimum atomic E-state index is 0.449. The number of nitrogens with zero attached hydrogens (tertiary/aromatic N) is 5. The summed E-state index contributed by atoms with van der Waals surface area (Å²) in [6, 6.07) is 0.449. The zero-order valence-corrected chi connectivity index (χ0v) is 11.9. The number of aryl methyl sites for hydroxylation is 1. The van der Waals surface area contributed by atoms with Crippen molar-refractivity contribution in [2.45, 2.75) is 33.4 Å². The van der Waals surface area contributed by atoms with Crippen LogP contribution in [0.2, 0.25) is 0 Å². The molecule has 2 aromatic heterocycles. The first-order valence-corrected chi connectivity index (χ1v) is 6.46. The van der Waals surface area contributed by atoms with Gasteiger partial charge in [-0.2, -0.15) is 5.10 Å². The van der Waals surface area contributed by atoms with Crippen LogP contribution in [-0.4, -0.2) is 37.2 Å². The van der Waals surface area contributed by atoms with E-state index >= 15 is 0 Å². The zero-order chi connectivity index (χ0) is 14.0. The van der Waals surface area contributed by atoms with Crippen LogP contribution >= 0.6 is 0 Å². The third-order valence-electron chi connectivity index (χ3n) is 3.26. The Morgan fingerprint density at radius 2 is 2.16 bits per heavy atom. The van der Waals surface area contributed by atoms with Gasteiger partial charge in [0.05, 0.1) is 18.1 Å². The van der Waals surface area contributed by atoms with E-state index in [4.69, 9.17) is 5.84 Å². The normalized spacial score (nSPS) is 11.7. The molecule has 0 unspecified atom stereocenters. The van der Waals surface area contributed by atoms with Crippen molar-refractivity contribution >= 4 is 16.9 Å². The lowest BCUT2D eigenvalue weighted by Gasteiger charge is -2.23. The smallest absolute Gasteiger partial charge is 0.163 e. The Balaban J connectivity index is 2.41. The number of fused-ring (bicyclic) bond motifs is 1. The second kappa shape index (κ2) is 5.50. The molecule has 0 aliphatic rings. The summed E-state index contributed by atoms with van der Waals surface area (Å²) in [5, 5.41) is 5.02. The standard InChI is InChI=1S/C12H21N7/c1-5-19(8(2)3)7-10-15-11(17-13)9-6-14-18(4)12(9)16-10/h6,8H,5,7,13H2,1-4H3,(H,15,16,17). The molecule has 7 nitrogen and oxygen atoms in total. The predicted octanol–water partition coefficient (Wildman–Crippen LogP) is 0.879. The van der Waals surface area contributed by atoms with Crippen LogP contribution in [0.5, 0.6) is 0 Å². The van der Waals surface area contributed by atoms with Gasteiger partial charge >= 0.3 is 0 Å². The molecule has 0 bridgehead atoms. The van der Waals surface area contributed by atoms with E-state index in [0.717, 1.165) is 23.4 Å². The molecule has 2 aromatic rings. The maximum atomic E-state index is 5.53. The minimum Gasteiger partial charge on any atom is -0.308 e. The van der Waals surface area contributed by atoms with Gasteiger partial charge in [-0.3, -0.25) is 9.58 Å². The molecule has 0 saturated heterocycles. The van der Waals surface area contributed by atoms with Gasteiger partial charge in [0.1, 0.15) is 5.82 Å². The molecule has 0 aromatic carbocycles. The molecule has 0 aliphatic carbocycles. The van der Waals surface area contributed by atoms with E-state index in [1.54, 1.807) is 10.9 Å². The van der Waals surface area contributed by atoms with E-state index in [2.05, 4.69) is 46.2 Å². The van der Waals surface area contributed by atoms with Crippen molar-refractivity contribution in [3.63, 3.8) is 0 Å². The molecule has 0 fully saturated rings. The Labute approximate surface area is 112 Å². The van der Waals surface area contributed by atoms with E-state index in [1.807, 2.05) is 7.05 Å². The van der Waals surface area contributed by atoms with E-state index in [0.29, 0.717) is 18.4 Å². The third-order valence-corrected chi connectivity index (χ3v) is 3.26. The van der Waals surface area contributed by atoms with Crippen molar-refractivity contribution in [2.24, 2.45) is 12.9 Å². The molecule has 0 radical (unpaired) electrons. The molecule has 0 saturated carbocycles. The molecule has 2 rings (SSSR count). The van der Waals surface area contributed by atoms with Crippen molar-refractivity contribution in [3.8, 4) is 0 Å². The number of nitrogens with two attached hydrogens (primary N) is 1. The zero-order valence-electron chi connectivity index (χ0n) is 11.9. The van der Waals surface area contributed by atoms with Crippen LogP contribution in [0, 0.1) is 0 Å². The number of anilines is 1. The highest BCUT2D eigenvalue weighted by Crippen LogP contribution is 2.19. The number of hydrogen-bond donors (Lipinski definition) is 2. The van der Waals surface area contributed by atoms with Crippen LogP contribution < -0.4 is 11.3 Å². The second-order valence-electron chi connectivity index (χ2n) is 4.80. The first-order valence-electron chi connectivity index (χ1n) is 6.46. The molecule has 0 aliphatic heterocycles. The van der Waals surface area contributed by atoms with Crippen molar-refractivity contribution in [3.05, 3.63) is 12.0 Å². The largest absolute Gasteiger partial charge is 0.308 e. The monoisotopic (exact) mass is 263 g/mol. The van der Waals surface area contributed by atoms with Crippen molar-refractivity contribution in [1.82, 2.24) is 24.6 Å². The quantitative estimate of drug-likeness (QED) is 0.615. The minimum absolute atomic E-state index is 0.449. The Morgan fingerprint density at radius 1 is 1.42 bits per heavy atom. The SMILES string of the molecule is CCN(Cc1nc(NN)c2cnn(C)c2n1)C(C)C. The van der Waals surface area contributed by atoms with Crippen LogP contribution in [0.25, 0.3) is 11.0 Å². The molecule has 7 heteroatoms. The maximum absolute atomic E-state index is 5.53. The summed E-state index contributed by atoms with van der Waals surface area (Å²) in [5.41, 5.74) is 3.41. The highest BCUT2D eigenvalue weighted by Gasteiger charge is 2.14. The summed E-state index contributed by atoms with van der Waals surface area (Å²) in [4.78, 5) is 11.3. The van der Waals surface area contributed by atoms with Crippen molar-refractivity contribution in [2.75, 3.05) is 12.0 Å². The topological polar surface area (TPSA) is 84.9 Å². The number of hydrogen-bond acceptors (Lipinski definition) is 6. The lowest BCUT2D eigenvalue weighted by molar-refractivity contribution is 0.219. The lowest BCUT2D eigenvalue weighted by Crippen LogP contribution is -2.31. The Morgan fingerprint density at radius 3 is 2.74 bits per heavy atom. The summed E-state index contributed by atoms with van der Waals surface area (Å²) in [7, 11) is 1.86. The summed E-state index contributed by atoms with van der Waals surface area (Å²) >= 11 is 0. The number of nitrogen functional groups attached to an aromatic ring is 1. The fourth-order valence-corrected chi connectivity index (χ4v) is 2.09. The van der Waals surface area contributed by atoms with Crippen LogP contribution in [0.1, 0.15) is 26.6 Å². The lowest BCUT2D eigenvalue weighted by atomic mass is 10.3. The number of aromatic nitrogens is 4. The van der Waals surface area contributed by atoms with Gasteiger partial charge in [-0.05, 0) is 20.4 Å². The predicted molar refractivity (Wildman–Crippen MR) is 75.3 cm³/mol. The molecule has 0 atom stereocenters. The molecule has 3 N–H and O–H groups in total. The van der Waals surface area contributed by atoms with Gasteiger partial charge in [-0.25, -0.2) is 15.8 Å². The highest BCUT2D eigenvalue weighted by molar-refractivity contribution is 5.86. The van der Waals surface area contributed by atoms with Crippen molar-refractivity contribution in [1.29, 1.82) is 0 Å². The fraction of sp³-hybridized carbons (Fsp3) is 0.583. The summed E-state index contributed by atoms with van der Waals surface area (Å²) in [5.74, 6) is 6.89. The van der Waals surface area contributed by atoms with E-state index in [-0.39, 0.29) is 0 Å². The number of hydrazine groups is 1. The average Bonchev–Trinajstić information content (AvgIpc) is 2.76. The first-order chi connectivity index (χ1) is 9.06. The second-order valence-corrected chi connectivity index (χ2v) is 4.80. The van der Waals surface area contributed by atoms with Gasteiger partial charge in [-0.1, -0.05) is 6.92 Å². The van der Waals surface area contributed by atoms with Gasteiger partial charge in [0.15, 0.2) is 11.5 Å². The average molecular weight is 263 g/mol. The molecular weight excluding hydrogens is 242 g/mol. The summed E-state index contributed by atoms with van der Waals surface area (Å²) in [6.07, 6.45) is 1.72. The molecule has 0 amide bonds. The molecule has 2 heterocycles. The Bertz CT molecular complexity index is 560. The highest BCUT2D eigenvalue weighted by atomic mass is 15.3. The van der Waals surface area contributed by atoms with Gasteiger partial charge in [0, 0.05) is 13.1 Å². The van der Waals surface area contributed by atoms with Gasteiger partial charge in [-0.15, -0.1) is 0 Å². The van der Waals surface area contributed by atoms with E-state index in [1.165, 1.54) is 0 Å². The third kappa shape index (κ3) is 2.66. The summed E-state index contributed by atoms with van der Waals surface area (Å²) in [6.45, 7) is 8.10. The van der Waals surface area contributed by atoms with E-state index in [9.17, 15) is 0 Å². The van der Waals surface area contributed by atoms with E-state index < -0.39 is 0 Å². The molecular formula is C12H21N7. The molecule has 104 valence electrons. The Kier molecular flexibility index (Phi) is 3.96. The van der Waals surface area contributed by atoms with Crippen LogP contribution in [0.3, 0.4) is 0 Å². The van der Waals surface area contributed by atoms with Crippen LogP contribution in [0.4, 0.5) is 5.82 Å². The fourth-order valence-electron chi connectivity index (χ4n) is 2.09. The van der Waals surface area contributed by atoms with Gasteiger partial charge < -0.3 is 5.43 Å². The Hall–Kier alpha value is -1.73. The van der Waals surface area contributed by atoms with Crippen LogP contribution in [-0.2, 0) is 13.6 Å². The summed E-state index contributed by atoms with van der Waals surface area (Å²) < 4.78 is 1.73. The molecule has 0 spiro atoms. The molecule has 19 heavy (non-hydrogen) atoms. The first kappa shape index (κ1) is 13.7. The van der Waals surface area contributed by atoms with Gasteiger partial charge in [0.25, 0.3) is 0 Å². The maximum Gasteiger partial charge on any atom is 0.163 e.